The van der Waals surface area contributed by atoms with Crippen molar-refractivity contribution >= 4 is 17.7 Å². The van der Waals surface area contributed by atoms with Gasteiger partial charge in [-0.3, -0.25) is 14.9 Å². The third-order valence-electron chi connectivity index (χ3n) is 3.90. The predicted molar refractivity (Wildman–Crippen MR) is 86.6 cm³/mol. The van der Waals surface area contributed by atoms with Crippen LogP contribution in [0.5, 0.6) is 0 Å². The molecule has 1 saturated heterocycles. The quantitative estimate of drug-likeness (QED) is 0.654. The van der Waals surface area contributed by atoms with Gasteiger partial charge in [0.2, 0.25) is 5.91 Å². The molecular formula is C16H21N3O5. The van der Waals surface area contributed by atoms with Crippen LogP contribution in [0.2, 0.25) is 0 Å². The van der Waals surface area contributed by atoms with E-state index in [1.54, 1.807) is 24.0 Å². The molecule has 0 unspecified atom stereocenters. The molecule has 0 aliphatic carbocycles. The molecule has 8 nitrogen and oxygen atoms in total. The van der Waals surface area contributed by atoms with E-state index < -0.39 is 4.92 Å². The molecular weight excluding hydrogens is 314 g/mol. The van der Waals surface area contributed by atoms with Gasteiger partial charge in [0.15, 0.2) is 0 Å². The Morgan fingerprint density at radius 1 is 1.29 bits per heavy atom. The zero-order valence-corrected chi connectivity index (χ0v) is 13.6. The zero-order valence-electron chi connectivity index (χ0n) is 13.6. The van der Waals surface area contributed by atoms with E-state index >= 15 is 0 Å². The molecule has 0 radical (unpaired) electrons. The van der Waals surface area contributed by atoms with Crippen LogP contribution in [-0.4, -0.2) is 47.6 Å². The first-order chi connectivity index (χ1) is 11.5. The molecule has 1 fully saturated rings. The van der Waals surface area contributed by atoms with Crippen molar-refractivity contribution in [2.24, 2.45) is 0 Å². The molecule has 24 heavy (non-hydrogen) atoms. The summed E-state index contributed by atoms with van der Waals surface area (Å²) in [5, 5.41) is 13.5. The molecule has 1 aromatic rings. The summed E-state index contributed by atoms with van der Waals surface area (Å²) >= 11 is 0. The Morgan fingerprint density at radius 2 is 1.92 bits per heavy atom. The molecule has 1 aliphatic rings. The van der Waals surface area contributed by atoms with Gasteiger partial charge < -0.3 is 15.0 Å². The molecule has 0 atom stereocenters. The van der Waals surface area contributed by atoms with E-state index in [2.05, 4.69) is 5.32 Å². The smallest absolute Gasteiger partial charge is 0.409 e. The number of hydrogen-bond donors (Lipinski definition) is 1. The van der Waals surface area contributed by atoms with Crippen LogP contribution in [0.4, 0.5) is 10.5 Å². The van der Waals surface area contributed by atoms with Crippen LogP contribution in [0, 0.1) is 10.1 Å². The molecule has 0 spiro atoms. The molecule has 1 heterocycles. The van der Waals surface area contributed by atoms with Gasteiger partial charge in [0, 0.05) is 31.3 Å². The molecule has 0 saturated carbocycles. The van der Waals surface area contributed by atoms with Crippen molar-refractivity contribution in [2.75, 3.05) is 19.7 Å². The summed E-state index contributed by atoms with van der Waals surface area (Å²) in [4.78, 5) is 35.5. The van der Waals surface area contributed by atoms with Crippen molar-refractivity contribution in [3.8, 4) is 0 Å². The number of nitrogens with one attached hydrogen (secondary N) is 1. The lowest BCUT2D eigenvalue weighted by molar-refractivity contribution is -0.384. The van der Waals surface area contributed by atoms with Crippen LogP contribution < -0.4 is 5.32 Å². The minimum Gasteiger partial charge on any atom is -0.450 e. The number of hydrogen-bond acceptors (Lipinski definition) is 5. The first kappa shape index (κ1) is 17.7. The van der Waals surface area contributed by atoms with Crippen LogP contribution in [0.15, 0.2) is 24.3 Å². The van der Waals surface area contributed by atoms with Crippen LogP contribution in [0.1, 0.15) is 25.3 Å². The lowest BCUT2D eigenvalue weighted by Gasteiger charge is -2.31. The van der Waals surface area contributed by atoms with Crippen molar-refractivity contribution in [1.29, 1.82) is 0 Å². The van der Waals surface area contributed by atoms with Crippen molar-refractivity contribution in [2.45, 2.75) is 32.2 Å². The highest BCUT2D eigenvalue weighted by Crippen LogP contribution is 2.14. The first-order valence-corrected chi connectivity index (χ1v) is 7.94. The number of non-ortho nitro benzene ring substituents is 1. The number of carbonyl (C=O) groups is 2. The summed E-state index contributed by atoms with van der Waals surface area (Å²) in [5.41, 5.74) is 0.729. The van der Waals surface area contributed by atoms with E-state index in [9.17, 15) is 19.7 Å². The topological polar surface area (TPSA) is 102 Å². The number of piperidine rings is 1. The third-order valence-corrected chi connectivity index (χ3v) is 3.90. The fraction of sp³-hybridized carbons (Fsp3) is 0.500. The summed E-state index contributed by atoms with van der Waals surface area (Å²) in [6.07, 6.45) is 1.24. The average molecular weight is 335 g/mol. The van der Waals surface area contributed by atoms with Gasteiger partial charge in [-0.25, -0.2) is 4.79 Å². The summed E-state index contributed by atoms with van der Waals surface area (Å²) in [5.74, 6) is -0.126. The Balaban J connectivity index is 1.77. The second-order valence-corrected chi connectivity index (χ2v) is 5.63. The van der Waals surface area contributed by atoms with Crippen LogP contribution in [0.3, 0.4) is 0 Å². The summed E-state index contributed by atoms with van der Waals surface area (Å²) < 4.78 is 4.95. The van der Waals surface area contributed by atoms with Crippen molar-refractivity contribution in [3.05, 3.63) is 39.9 Å². The van der Waals surface area contributed by atoms with Gasteiger partial charge in [0.1, 0.15) is 0 Å². The van der Waals surface area contributed by atoms with E-state index in [4.69, 9.17) is 4.74 Å². The highest BCUT2D eigenvalue weighted by atomic mass is 16.6. The second kappa shape index (κ2) is 8.28. The second-order valence-electron chi connectivity index (χ2n) is 5.63. The lowest BCUT2D eigenvalue weighted by Crippen LogP contribution is -2.47. The van der Waals surface area contributed by atoms with E-state index in [1.165, 1.54) is 12.1 Å². The van der Waals surface area contributed by atoms with Gasteiger partial charge in [-0.2, -0.15) is 0 Å². The Bertz CT molecular complexity index is 594. The zero-order chi connectivity index (χ0) is 17.5. The van der Waals surface area contributed by atoms with Crippen LogP contribution >= 0.6 is 0 Å². The number of nitro groups is 1. The maximum absolute atomic E-state index is 12.1. The summed E-state index contributed by atoms with van der Waals surface area (Å²) in [6, 6.07) is 5.98. The third kappa shape index (κ3) is 4.94. The number of ether oxygens (including phenoxy) is 1. The SMILES string of the molecule is CCOC(=O)N1CCC(NC(=O)Cc2ccc([N+](=O)[O-])cc2)CC1. The Kier molecular flexibility index (Phi) is 6.11. The standard InChI is InChI=1S/C16H21N3O5/c1-2-24-16(21)18-9-7-13(8-10-18)17-15(20)11-12-3-5-14(6-4-12)19(22)23/h3-6,13H,2,7-11H2,1H3,(H,17,20). The van der Waals surface area contributed by atoms with E-state index in [1.807, 2.05) is 0 Å². The minimum absolute atomic E-state index is 0.00509. The molecule has 1 aromatic carbocycles. The maximum Gasteiger partial charge on any atom is 0.409 e. The Morgan fingerprint density at radius 3 is 2.46 bits per heavy atom. The Labute approximate surface area is 139 Å². The molecule has 1 aliphatic heterocycles. The summed E-state index contributed by atoms with van der Waals surface area (Å²) in [6.45, 7) is 3.23. The highest BCUT2D eigenvalue weighted by Gasteiger charge is 2.24. The first-order valence-electron chi connectivity index (χ1n) is 7.94. The largest absolute Gasteiger partial charge is 0.450 e. The summed E-state index contributed by atoms with van der Waals surface area (Å²) in [7, 11) is 0. The molecule has 2 rings (SSSR count). The fourth-order valence-corrected chi connectivity index (χ4v) is 2.62. The van der Waals surface area contributed by atoms with Crippen molar-refractivity contribution in [1.82, 2.24) is 10.2 Å². The molecule has 2 amide bonds. The number of amides is 2. The van der Waals surface area contributed by atoms with Crippen molar-refractivity contribution in [3.63, 3.8) is 0 Å². The van der Waals surface area contributed by atoms with Gasteiger partial charge >= 0.3 is 6.09 Å². The van der Waals surface area contributed by atoms with E-state index in [-0.39, 0.29) is 30.2 Å². The van der Waals surface area contributed by atoms with Gasteiger partial charge in [0.25, 0.3) is 5.69 Å². The lowest BCUT2D eigenvalue weighted by atomic mass is 10.0. The fourth-order valence-electron chi connectivity index (χ4n) is 2.62. The number of carbonyl (C=O) groups excluding carboxylic acids is 2. The predicted octanol–water partition coefficient (Wildman–Crippen LogP) is 1.87. The number of likely N-dealkylation sites (tertiary alicyclic amines) is 1. The van der Waals surface area contributed by atoms with Crippen molar-refractivity contribution < 1.29 is 19.2 Å². The molecule has 1 N–H and O–H groups in total. The van der Waals surface area contributed by atoms with E-state index in [0.717, 1.165) is 5.56 Å². The molecule has 0 aromatic heterocycles. The molecule has 130 valence electrons. The molecule has 8 heteroatoms. The van der Waals surface area contributed by atoms with E-state index in [0.29, 0.717) is 32.5 Å². The minimum atomic E-state index is -0.471. The molecule has 0 bridgehead atoms. The maximum atomic E-state index is 12.1. The number of rotatable bonds is 5. The highest BCUT2D eigenvalue weighted by molar-refractivity contribution is 5.79. The van der Waals surface area contributed by atoms with Gasteiger partial charge in [0.05, 0.1) is 18.0 Å². The monoisotopic (exact) mass is 335 g/mol. The van der Waals surface area contributed by atoms with Gasteiger partial charge in [-0.1, -0.05) is 12.1 Å². The number of nitro benzene ring substituents is 1. The average Bonchev–Trinajstić information content (AvgIpc) is 2.56. The number of nitrogens with zero attached hydrogens (tertiary/aromatic N) is 2. The van der Waals surface area contributed by atoms with Crippen LogP contribution in [0.25, 0.3) is 0 Å². The number of benzene rings is 1. The van der Waals surface area contributed by atoms with Gasteiger partial charge in [-0.05, 0) is 25.3 Å². The van der Waals surface area contributed by atoms with Crippen LogP contribution in [-0.2, 0) is 16.0 Å². The Hall–Kier alpha value is -2.64. The normalized spacial score (nSPS) is 15.0. The van der Waals surface area contributed by atoms with Gasteiger partial charge in [-0.15, -0.1) is 0 Å².